The van der Waals surface area contributed by atoms with Crippen LogP contribution in [0.1, 0.15) is 9.67 Å². The van der Waals surface area contributed by atoms with Crippen molar-refractivity contribution in [3.8, 4) is 0 Å². The lowest BCUT2D eigenvalue weighted by Gasteiger charge is -2.15. The van der Waals surface area contributed by atoms with Gasteiger partial charge in [0.05, 0.1) is 4.88 Å². The van der Waals surface area contributed by atoms with Crippen LogP contribution in [0.2, 0.25) is 0 Å². The Kier molecular flexibility index (Phi) is 3.05. The third kappa shape index (κ3) is 2.25. The molecule has 3 heteroatoms. The zero-order valence-corrected chi connectivity index (χ0v) is 11.4. The molecule has 0 bridgehead atoms. The molecule has 0 atom stereocenters. The first kappa shape index (κ1) is 11.9. The van der Waals surface area contributed by atoms with E-state index in [1.54, 1.807) is 4.90 Å². The Labute approximate surface area is 115 Å². The van der Waals surface area contributed by atoms with Gasteiger partial charge in [-0.15, -0.1) is 11.3 Å². The van der Waals surface area contributed by atoms with E-state index in [4.69, 9.17) is 0 Å². The van der Waals surface area contributed by atoms with Crippen molar-refractivity contribution in [1.82, 2.24) is 0 Å². The van der Waals surface area contributed by atoms with E-state index < -0.39 is 0 Å². The van der Waals surface area contributed by atoms with Gasteiger partial charge in [-0.05, 0) is 29.7 Å². The fraction of sp³-hybridized carbons (Fsp3) is 0.0625. The first-order valence-corrected chi connectivity index (χ1v) is 6.89. The van der Waals surface area contributed by atoms with Gasteiger partial charge in [0.2, 0.25) is 0 Å². The van der Waals surface area contributed by atoms with E-state index in [9.17, 15) is 4.79 Å². The maximum absolute atomic E-state index is 12.5. The molecule has 0 aliphatic carbocycles. The van der Waals surface area contributed by atoms with Gasteiger partial charge in [0.1, 0.15) is 0 Å². The van der Waals surface area contributed by atoms with E-state index in [-0.39, 0.29) is 5.91 Å². The van der Waals surface area contributed by atoms with E-state index in [0.717, 1.165) is 20.7 Å². The molecule has 0 radical (unpaired) electrons. The van der Waals surface area contributed by atoms with Crippen molar-refractivity contribution in [3.05, 3.63) is 65.5 Å². The average Bonchev–Trinajstić information content (AvgIpc) is 2.90. The van der Waals surface area contributed by atoms with Crippen molar-refractivity contribution in [2.75, 3.05) is 11.9 Å². The number of carbonyl (C=O) groups is 1. The summed E-state index contributed by atoms with van der Waals surface area (Å²) in [5, 5.41) is 1.12. The Hall–Kier alpha value is -2.13. The third-order valence-electron chi connectivity index (χ3n) is 3.08. The second-order valence-electron chi connectivity index (χ2n) is 4.35. The molecule has 0 N–H and O–H groups in total. The molecular weight excluding hydrogens is 254 g/mol. The molecule has 19 heavy (non-hydrogen) atoms. The highest BCUT2D eigenvalue weighted by Gasteiger charge is 2.15. The largest absolute Gasteiger partial charge is 0.311 e. The summed E-state index contributed by atoms with van der Waals surface area (Å²) in [6, 6.07) is 19.7. The molecule has 2 aromatic carbocycles. The molecular formula is C16H13NOS. The normalized spacial score (nSPS) is 10.6. The second-order valence-corrected chi connectivity index (χ2v) is 5.43. The number of amides is 1. The smallest absolute Gasteiger partial charge is 0.268 e. The lowest BCUT2D eigenvalue weighted by atomic mass is 10.2. The quantitative estimate of drug-likeness (QED) is 0.682. The van der Waals surface area contributed by atoms with Crippen LogP contribution in [0.5, 0.6) is 0 Å². The number of hydrogen-bond donors (Lipinski definition) is 0. The fourth-order valence-corrected chi connectivity index (χ4v) is 3.06. The summed E-state index contributed by atoms with van der Waals surface area (Å²) in [6.07, 6.45) is 0. The topological polar surface area (TPSA) is 20.3 Å². The number of nitrogens with zero attached hydrogens (tertiary/aromatic N) is 1. The third-order valence-corrected chi connectivity index (χ3v) is 4.19. The Morgan fingerprint density at radius 1 is 1.00 bits per heavy atom. The van der Waals surface area contributed by atoms with Crippen molar-refractivity contribution in [2.45, 2.75) is 0 Å². The molecule has 1 amide bonds. The molecule has 0 saturated carbocycles. The minimum absolute atomic E-state index is 0.0346. The summed E-state index contributed by atoms with van der Waals surface area (Å²) in [6.45, 7) is 0. The van der Waals surface area contributed by atoms with Gasteiger partial charge >= 0.3 is 0 Å². The maximum atomic E-state index is 12.5. The van der Waals surface area contributed by atoms with Gasteiger partial charge in [-0.3, -0.25) is 4.79 Å². The Morgan fingerprint density at radius 3 is 2.42 bits per heavy atom. The van der Waals surface area contributed by atoms with Gasteiger partial charge in [-0.1, -0.05) is 36.4 Å². The van der Waals surface area contributed by atoms with Crippen molar-refractivity contribution in [3.63, 3.8) is 0 Å². The van der Waals surface area contributed by atoms with Crippen LogP contribution in [0.4, 0.5) is 5.69 Å². The SMILES string of the molecule is CN(C(=O)c1cc2ccccc2s1)c1ccccc1. The first-order chi connectivity index (χ1) is 9.25. The number of fused-ring (bicyclic) bond motifs is 1. The van der Waals surface area contributed by atoms with Crippen LogP contribution in [-0.2, 0) is 0 Å². The van der Waals surface area contributed by atoms with E-state index in [1.807, 2.05) is 67.7 Å². The lowest BCUT2D eigenvalue weighted by Crippen LogP contribution is -2.25. The van der Waals surface area contributed by atoms with Crippen LogP contribution in [0, 0.1) is 0 Å². The molecule has 2 nitrogen and oxygen atoms in total. The summed E-state index contributed by atoms with van der Waals surface area (Å²) in [4.78, 5) is 14.9. The van der Waals surface area contributed by atoms with Crippen LogP contribution in [0.15, 0.2) is 60.7 Å². The molecule has 0 unspecified atom stereocenters. The van der Waals surface area contributed by atoms with Gasteiger partial charge in [0.15, 0.2) is 0 Å². The second kappa shape index (κ2) is 4.86. The first-order valence-electron chi connectivity index (χ1n) is 6.07. The summed E-state index contributed by atoms with van der Waals surface area (Å²) >= 11 is 1.54. The van der Waals surface area contributed by atoms with Gasteiger partial charge in [0, 0.05) is 17.4 Å². The van der Waals surface area contributed by atoms with Crippen LogP contribution in [0.25, 0.3) is 10.1 Å². The van der Waals surface area contributed by atoms with Crippen LogP contribution >= 0.6 is 11.3 Å². The van der Waals surface area contributed by atoms with E-state index >= 15 is 0 Å². The molecule has 1 aromatic heterocycles. The predicted octanol–water partition coefficient (Wildman–Crippen LogP) is 4.18. The Morgan fingerprint density at radius 2 is 1.68 bits per heavy atom. The van der Waals surface area contributed by atoms with Crippen molar-refractivity contribution >= 4 is 33.0 Å². The van der Waals surface area contributed by atoms with Crippen molar-refractivity contribution in [1.29, 1.82) is 0 Å². The number of anilines is 1. The minimum atomic E-state index is 0.0346. The van der Waals surface area contributed by atoms with Crippen molar-refractivity contribution in [2.24, 2.45) is 0 Å². The number of carbonyl (C=O) groups excluding carboxylic acids is 1. The van der Waals surface area contributed by atoms with E-state index in [2.05, 4.69) is 0 Å². The monoisotopic (exact) mass is 267 g/mol. The molecule has 1 heterocycles. The Bertz CT molecular complexity index is 685. The lowest BCUT2D eigenvalue weighted by molar-refractivity contribution is 0.0997. The number of hydrogen-bond acceptors (Lipinski definition) is 2. The molecule has 0 aliphatic rings. The van der Waals surface area contributed by atoms with Crippen LogP contribution < -0.4 is 4.90 Å². The van der Waals surface area contributed by atoms with E-state index in [1.165, 1.54) is 11.3 Å². The Balaban J connectivity index is 1.95. The highest BCUT2D eigenvalue weighted by Crippen LogP contribution is 2.27. The van der Waals surface area contributed by atoms with Crippen LogP contribution in [-0.4, -0.2) is 13.0 Å². The molecule has 0 spiro atoms. The number of thiophene rings is 1. The fourth-order valence-electron chi connectivity index (χ4n) is 2.02. The number of rotatable bonds is 2. The minimum Gasteiger partial charge on any atom is -0.311 e. The number of para-hydroxylation sites is 1. The highest BCUT2D eigenvalue weighted by molar-refractivity contribution is 7.20. The zero-order chi connectivity index (χ0) is 13.2. The highest BCUT2D eigenvalue weighted by atomic mass is 32.1. The molecule has 3 aromatic rings. The molecule has 0 fully saturated rings. The van der Waals surface area contributed by atoms with Gasteiger partial charge < -0.3 is 4.90 Å². The molecule has 94 valence electrons. The van der Waals surface area contributed by atoms with Gasteiger partial charge in [0.25, 0.3) is 5.91 Å². The summed E-state index contributed by atoms with van der Waals surface area (Å²) in [7, 11) is 1.81. The maximum Gasteiger partial charge on any atom is 0.268 e. The summed E-state index contributed by atoms with van der Waals surface area (Å²) in [5.41, 5.74) is 0.907. The standard InChI is InChI=1S/C16H13NOS/c1-17(13-8-3-2-4-9-13)16(18)15-11-12-7-5-6-10-14(12)19-15/h2-11H,1H3. The van der Waals surface area contributed by atoms with Gasteiger partial charge in [-0.25, -0.2) is 0 Å². The van der Waals surface area contributed by atoms with Crippen molar-refractivity contribution < 1.29 is 4.79 Å². The molecule has 0 aliphatic heterocycles. The van der Waals surface area contributed by atoms with E-state index in [0.29, 0.717) is 0 Å². The summed E-state index contributed by atoms with van der Waals surface area (Å²) < 4.78 is 1.15. The summed E-state index contributed by atoms with van der Waals surface area (Å²) in [5.74, 6) is 0.0346. The average molecular weight is 267 g/mol. The number of benzene rings is 2. The van der Waals surface area contributed by atoms with Gasteiger partial charge in [-0.2, -0.15) is 0 Å². The molecule has 3 rings (SSSR count). The predicted molar refractivity (Wildman–Crippen MR) is 81.0 cm³/mol. The van der Waals surface area contributed by atoms with Crippen LogP contribution in [0.3, 0.4) is 0 Å². The molecule has 0 saturated heterocycles. The zero-order valence-electron chi connectivity index (χ0n) is 10.5.